The molecule has 120 valence electrons. The van der Waals surface area contributed by atoms with Gasteiger partial charge in [-0.2, -0.15) is 13.5 Å². The first-order valence-corrected chi connectivity index (χ1v) is 10.5. The van der Waals surface area contributed by atoms with Gasteiger partial charge in [-0.3, -0.25) is 0 Å². The Hall–Kier alpha value is -1.35. The number of fused-ring (bicyclic) bond motifs is 1. The van der Waals surface area contributed by atoms with Gasteiger partial charge in [-0.25, -0.2) is 8.42 Å². The van der Waals surface area contributed by atoms with Gasteiger partial charge in [-0.05, 0) is 36.4 Å². The van der Waals surface area contributed by atoms with E-state index in [4.69, 9.17) is 0 Å². The van der Waals surface area contributed by atoms with E-state index in [0.29, 0.717) is 11.0 Å². The van der Waals surface area contributed by atoms with Crippen molar-refractivity contribution in [2.45, 2.75) is 36.1 Å². The van der Waals surface area contributed by atoms with Gasteiger partial charge in [0.1, 0.15) is 15.9 Å². The predicted molar refractivity (Wildman–Crippen MR) is 92.2 cm³/mol. The Bertz CT molecular complexity index is 926. The number of rotatable bonds is 4. The lowest BCUT2D eigenvalue weighted by atomic mass is 9.97. The third kappa shape index (κ3) is 2.59. The van der Waals surface area contributed by atoms with Gasteiger partial charge in [0.15, 0.2) is 0 Å². The molecule has 5 nitrogen and oxygen atoms in total. The number of thiophene rings is 1. The molecule has 8 heteroatoms. The molecule has 4 rings (SSSR count). The molecule has 1 saturated carbocycles. The Labute approximate surface area is 142 Å². The highest BCUT2D eigenvalue weighted by molar-refractivity contribution is 7.89. The SMILES string of the molecule is O=S(=O)(NC1(c2cccs2)CCCC1)c1cccc2nsnc12. The molecule has 0 bridgehead atoms. The third-order valence-corrected chi connectivity index (χ3v) is 7.50. The van der Waals surface area contributed by atoms with Crippen LogP contribution >= 0.6 is 23.1 Å². The Kier molecular flexibility index (Phi) is 3.72. The summed E-state index contributed by atoms with van der Waals surface area (Å²) in [5, 5.41) is 1.99. The van der Waals surface area contributed by atoms with Crippen LogP contribution in [0.15, 0.2) is 40.6 Å². The normalized spacial score (nSPS) is 17.7. The second kappa shape index (κ2) is 5.62. The molecule has 2 aromatic heterocycles. The zero-order valence-corrected chi connectivity index (χ0v) is 14.7. The van der Waals surface area contributed by atoms with Crippen molar-refractivity contribution in [1.82, 2.24) is 13.5 Å². The molecule has 0 aliphatic heterocycles. The molecular formula is C15H15N3O2S3. The topological polar surface area (TPSA) is 72.0 Å². The van der Waals surface area contributed by atoms with Crippen LogP contribution in [0.1, 0.15) is 30.6 Å². The fourth-order valence-corrected chi connectivity index (χ4v) is 6.45. The molecule has 2 heterocycles. The maximum atomic E-state index is 13.0. The number of hydrogen-bond acceptors (Lipinski definition) is 6. The summed E-state index contributed by atoms with van der Waals surface area (Å²) in [5.41, 5.74) is 0.581. The highest BCUT2D eigenvalue weighted by Gasteiger charge is 2.40. The van der Waals surface area contributed by atoms with E-state index in [0.717, 1.165) is 42.3 Å². The van der Waals surface area contributed by atoms with Crippen LogP contribution in [0.2, 0.25) is 0 Å². The zero-order chi connectivity index (χ0) is 15.9. The lowest BCUT2D eigenvalue weighted by Crippen LogP contribution is -2.43. The first kappa shape index (κ1) is 15.2. The average Bonchev–Trinajstić information content (AvgIpc) is 3.27. The van der Waals surface area contributed by atoms with E-state index in [1.165, 1.54) is 0 Å². The van der Waals surface area contributed by atoms with E-state index < -0.39 is 15.6 Å². The molecule has 1 aromatic carbocycles. The van der Waals surface area contributed by atoms with Gasteiger partial charge in [0.2, 0.25) is 10.0 Å². The fraction of sp³-hybridized carbons (Fsp3) is 0.333. The van der Waals surface area contributed by atoms with E-state index in [1.54, 1.807) is 29.5 Å². The van der Waals surface area contributed by atoms with Crippen molar-refractivity contribution in [3.8, 4) is 0 Å². The molecule has 0 spiro atoms. The van der Waals surface area contributed by atoms with Crippen molar-refractivity contribution in [2.75, 3.05) is 0 Å². The van der Waals surface area contributed by atoms with Crippen molar-refractivity contribution in [3.05, 3.63) is 40.6 Å². The van der Waals surface area contributed by atoms with E-state index in [9.17, 15) is 8.42 Å². The van der Waals surface area contributed by atoms with E-state index in [-0.39, 0.29) is 4.90 Å². The van der Waals surface area contributed by atoms with E-state index in [2.05, 4.69) is 13.5 Å². The summed E-state index contributed by atoms with van der Waals surface area (Å²) < 4.78 is 37.3. The van der Waals surface area contributed by atoms with Crippen LogP contribution in [-0.2, 0) is 15.6 Å². The van der Waals surface area contributed by atoms with Gasteiger partial charge in [0.05, 0.1) is 17.3 Å². The van der Waals surface area contributed by atoms with Gasteiger partial charge in [0.25, 0.3) is 0 Å². The van der Waals surface area contributed by atoms with Crippen molar-refractivity contribution in [1.29, 1.82) is 0 Å². The van der Waals surface area contributed by atoms with Crippen LogP contribution < -0.4 is 4.72 Å². The number of aromatic nitrogens is 2. The van der Waals surface area contributed by atoms with Crippen LogP contribution in [0.3, 0.4) is 0 Å². The lowest BCUT2D eigenvalue weighted by molar-refractivity contribution is 0.412. The summed E-state index contributed by atoms with van der Waals surface area (Å²) in [5.74, 6) is 0. The highest BCUT2D eigenvalue weighted by atomic mass is 32.2. The fourth-order valence-electron chi connectivity index (χ4n) is 3.24. The number of nitrogens with one attached hydrogen (secondary N) is 1. The first-order chi connectivity index (χ1) is 11.1. The minimum Gasteiger partial charge on any atom is -0.207 e. The quantitative estimate of drug-likeness (QED) is 0.768. The second-order valence-electron chi connectivity index (χ2n) is 5.76. The molecule has 1 fully saturated rings. The van der Waals surface area contributed by atoms with Crippen LogP contribution in [0.5, 0.6) is 0 Å². The van der Waals surface area contributed by atoms with Crippen molar-refractivity contribution in [2.24, 2.45) is 0 Å². The molecular weight excluding hydrogens is 350 g/mol. The third-order valence-electron chi connectivity index (χ3n) is 4.32. The minimum absolute atomic E-state index is 0.214. The molecule has 1 N–H and O–H groups in total. The number of sulfonamides is 1. The predicted octanol–water partition coefficient (Wildman–Crippen LogP) is 3.50. The van der Waals surface area contributed by atoms with Gasteiger partial charge < -0.3 is 0 Å². The van der Waals surface area contributed by atoms with Gasteiger partial charge >= 0.3 is 0 Å². The summed E-state index contributed by atoms with van der Waals surface area (Å²) in [6, 6.07) is 9.08. The molecule has 0 saturated heterocycles. The van der Waals surface area contributed by atoms with Crippen LogP contribution in [0.4, 0.5) is 0 Å². The molecule has 0 atom stereocenters. The summed E-state index contributed by atoms with van der Waals surface area (Å²) >= 11 is 2.64. The van der Waals surface area contributed by atoms with Gasteiger partial charge in [-0.15, -0.1) is 11.3 Å². The molecule has 1 aliphatic carbocycles. The van der Waals surface area contributed by atoms with Gasteiger partial charge in [0, 0.05) is 4.88 Å². The smallest absolute Gasteiger partial charge is 0.207 e. The zero-order valence-electron chi connectivity index (χ0n) is 12.2. The van der Waals surface area contributed by atoms with E-state index >= 15 is 0 Å². The van der Waals surface area contributed by atoms with Crippen molar-refractivity contribution >= 4 is 44.1 Å². The summed E-state index contributed by atoms with van der Waals surface area (Å²) in [6.07, 6.45) is 3.72. The van der Waals surface area contributed by atoms with Crippen molar-refractivity contribution in [3.63, 3.8) is 0 Å². The summed E-state index contributed by atoms with van der Waals surface area (Å²) in [4.78, 5) is 1.30. The minimum atomic E-state index is -3.66. The van der Waals surface area contributed by atoms with Crippen molar-refractivity contribution < 1.29 is 8.42 Å². The van der Waals surface area contributed by atoms with Crippen LogP contribution in [-0.4, -0.2) is 17.2 Å². The first-order valence-electron chi connectivity index (χ1n) is 7.40. The molecule has 0 unspecified atom stereocenters. The second-order valence-corrected chi connectivity index (χ2v) is 8.89. The highest BCUT2D eigenvalue weighted by Crippen LogP contribution is 2.42. The summed E-state index contributed by atoms with van der Waals surface area (Å²) in [6.45, 7) is 0. The number of nitrogens with zero attached hydrogens (tertiary/aromatic N) is 2. The monoisotopic (exact) mass is 365 g/mol. The van der Waals surface area contributed by atoms with Gasteiger partial charge in [-0.1, -0.05) is 25.0 Å². The van der Waals surface area contributed by atoms with Crippen LogP contribution in [0.25, 0.3) is 11.0 Å². The van der Waals surface area contributed by atoms with Crippen LogP contribution in [0, 0.1) is 0 Å². The Balaban J connectivity index is 1.78. The largest absolute Gasteiger partial charge is 0.243 e. The molecule has 0 amide bonds. The molecule has 1 aliphatic rings. The molecule has 3 aromatic rings. The molecule has 23 heavy (non-hydrogen) atoms. The average molecular weight is 366 g/mol. The Morgan fingerprint density at radius 1 is 1.09 bits per heavy atom. The van der Waals surface area contributed by atoms with E-state index in [1.807, 2.05) is 17.5 Å². The number of benzene rings is 1. The molecule has 0 radical (unpaired) electrons. The Morgan fingerprint density at radius 2 is 1.91 bits per heavy atom. The maximum absolute atomic E-state index is 13.0. The lowest BCUT2D eigenvalue weighted by Gasteiger charge is -2.29. The standard InChI is InChI=1S/C15H15N3O2S3/c19-23(20,12-6-3-5-11-14(12)17-22-16-11)18-15(8-1-2-9-15)13-7-4-10-21-13/h3-7,10,18H,1-2,8-9H2. The number of hydrogen-bond donors (Lipinski definition) is 1. The Morgan fingerprint density at radius 3 is 2.65 bits per heavy atom. The summed E-state index contributed by atoms with van der Waals surface area (Å²) in [7, 11) is -3.66. The maximum Gasteiger partial charge on any atom is 0.243 e.